The van der Waals surface area contributed by atoms with E-state index < -0.39 is 0 Å². The van der Waals surface area contributed by atoms with Gasteiger partial charge in [0.15, 0.2) is 0 Å². The second-order valence-corrected chi connectivity index (χ2v) is 13.1. The maximum absolute atomic E-state index is 3.73. The molecule has 3 nitrogen and oxygen atoms in total. The van der Waals surface area contributed by atoms with Crippen LogP contribution in [0.1, 0.15) is 0 Å². The summed E-state index contributed by atoms with van der Waals surface area (Å²) in [7, 11) is 0. The van der Waals surface area contributed by atoms with Crippen molar-refractivity contribution in [3.63, 3.8) is 0 Å². The molecular weight excluding hydrogens is 619 g/mol. The standard InChI is InChI=1S/C48H33N3/c1-3-15-36(16-4-1)49-44-28-26-33(34-27-29-48-43(32-34)41-22-9-12-25-47(41)50(48)37-17-5-2-6-18-37)31-42(44)35-14-13-19-38(30-35)51-45-23-10-7-20-39(45)40-21-8-11-24-46(40)51/h1-32,49H. The van der Waals surface area contributed by atoms with Crippen LogP contribution in [0.3, 0.4) is 0 Å². The van der Waals surface area contributed by atoms with E-state index in [0.29, 0.717) is 0 Å². The Morgan fingerprint density at radius 3 is 1.51 bits per heavy atom. The summed E-state index contributed by atoms with van der Waals surface area (Å²) in [5.41, 5.74) is 13.9. The number of hydrogen-bond donors (Lipinski definition) is 1. The molecule has 0 amide bonds. The highest BCUT2D eigenvalue weighted by Crippen LogP contribution is 2.40. The molecule has 0 saturated carbocycles. The number of anilines is 2. The molecular formula is C48H33N3. The third kappa shape index (κ3) is 4.90. The van der Waals surface area contributed by atoms with Crippen LogP contribution in [0.15, 0.2) is 194 Å². The third-order valence-corrected chi connectivity index (χ3v) is 10.1. The number of fused-ring (bicyclic) bond motifs is 6. The lowest BCUT2D eigenvalue weighted by Gasteiger charge is -2.16. The average Bonchev–Trinajstić information content (AvgIpc) is 3.72. The lowest BCUT2D eigenvalue weighted by atomic mass is 9.96. The molecule has 240 valence electrons. The molecule has 3 heteroatoms. The molecule has 0 bridgehead atoms. The zero-order valence-electron chi connectivity index (χ0n) is 27.9. The summed E-state index contributed by atoms with van der Waals surface area (Å²) < 4.78 is 4.76. The van der Waals surface area contributed by atoms with E-state index in [0.717, 1.165) is 28.2 Å². The maximum atomic E-state index is 3.73. The number of rotatable bonds is 6. The molecule has 0 radical (unpaired) electrons. The van der Waals surface area contributed by atoms with Gasteiger partial charge in [0.05, 0.1) is 22.1 Å². The van der Waals surface area contributed by atoms with Gasteiger partial charge in [-0.1, -0.05) is 115 Å². The Morgan fingerprint density at radius 1 is 0.314 bits per heavy atom. The van der Waals surface area contributed by atoms with Crippen molar-refractivity contribution >= 4 is 55.0 Å². The molecule has 1 N–H and O–H groups in total. The van der Waals surface area contributed by atoms with Crippen molar-refractivity contribution in [1.29, 1.82) is 0 Å². The molecule has 0 fully saturated rings. The van der Waals surface area contributed by atoms with Crippen LogP contribution in [-0.4, -0.2) is 9.13 Å². The summed E-state index contributed by atoms with van der Waals surface area (Å²) in [5, 5.41) is 8.74. The molecule has 0 unspecified atom stereocenters. The van der Waals surface area contributed by atoms with Gasteiger partial charge in [-0.3, -0.25) is 0 Å². The summed E-state index contributed by atoms with van der Waals surface area (Å²) in [6.07, 6.45) is 0. The molecule has 0 saturated heterocycles. The van der Waals surface area contributed by atoms with E-state index in [9.17, 15) is 0 Å². The van der Waals surface area contributed by atoms with Crippen molar-refractivity contribution in [1.82, 2.24) is 9.13 Å². The van der Waals surface area contributed by atoms with Crippen molar-refractivity contribution in [2.75, 3.05) is 5.32 Å². The first-order chi connectivity index (χ1) is 25.3. The van der Waals surface area contributed by atoms with Crippen molar-refractivity contribution in [3.8, 4) is 33.6 Å². The fraction of sp³-hybridized carbons (Fsp3) is 0. The molecule has 0 aliphatic rings. The summed E-state index contributed by atoms with van der Waals surface area (Å²) in [5.74, 6) is 0. The molecule has 2 aromatic heterocycles. The van der Waals surface area contributed by atoms with Crippen LogP contribution in [0.2, 0.25) is 0 Å². The van der Waals surface area contributed by atoms with Gasteiger partial charge < -0.3 is 14.5 Å². The highest BCUT2D eigenvalue weighted by Gasteiger charge is 2.16. The molecule has 10 aromatic rings. The van der Waals surface area contributed by atoms with Gasteiger partial charge >= 0.3 is 0 Å². The first-order valence-electron chi connectivity index (χ1n) is 17.4. The second-order valence-electron chi connectivity index (χ2n) is 13.1. The van der Waals surface area contributed by atoms with Gasteiger partial charge in [0.1, 0.15) is 0 Å². The molecule has 51 heavy (non-hydrogen) atoms. The molecule has 8 aromatic carbocycles. The van der Waals surface area contributed by atoms with E-state index in [1.54, 1.807) is 0 Å². The molecule has 2 heterocycles. The van der Waals surface area contributed by atoms with Crippen molar-refractivity contribution < 1.29 is 0 Å². The summed E-state index contributed by atoms with van der Waals surface area (Å²) >= 11 is 0. The molecule has 0 aliphatic heterocycles. The van der Waals surface area contributed by atoms with Crippen LogP contribution in [0.25, 0.3) is 77.2 Å². The van der Waals surface area contributed by atoms with Crippen LogP contribution in [0, 0.1) is 0 Å². The minimum absolute atomic E-state index is 1.06. The Balaban J connectivity index is 1.15. The third-order valence-electron chi connectivity index (χ3n) is 10.1. The summed E-state index contributed by atoms with van der Waals surface area (Å²) in [4.78, 5) is 0. The van der Waals surface area contributed by atoms with Gasteiger partial charge in [-0.2, -0.15) is 0 Å². The zero-order chi connectivity index (χ0) is 33.7. The Labute approximate surface area is 296 Å². The Hall–Kier alpha value is -6.84. The van der Waals surface area contributed by atoms with E-state index in [4.69, 9.17) is 0 Å². The smallest absolute Gasteiger partial charge is 0.0541 e. The van der Waals surface area contributed by atoms with Crippen LogP contribution < -0.4 is 5.32 Å². The number of nitrogens with zero attached hydrogens (tertiary/aromatic N) is 2. The van der Waals surface area contributed by atoms with E-state index >= 15 is 0 Å². The lowest BCUT2D eigenvalue weighted by Crippen LogP contribution is -1.97. The average molecular weight is 652 g/mol. The van der Waals surface area contributed by atoms with Crippen LogP contribution in [0.4, 0.5) is 11.4 Å². The van der Waals surface area contributed by atoms with Gasteiger partial charge in [0.2, 0.25) is 0 Å². The van der Waals surface area contributed by atoms with Gasteiger partial charge in [-0.25, -0.2) is 0 Å². The Kier molecular flexibility index (Phi) is 6.81. The Morgan fingerprint density at radius 2 is 0.824 bits per heavy atom. The van der Waals surface area contributed by atoms with Crippen LogP contribution in [0.5, 0.6) is 0 Å². The highest BCUT2D eigenvalue weighted by atomic mass is 15.0. The summed E-state index contributed by atoms with van der Waals surface area (Å²) in [6, 6.07) is 69.8. The fourth-order valence-electron chi connectivity index (χ4n) is 7.77. The topological polar surface area (TPSA) is 21.9 Å². The minimum Gasteiger partial charge on any atom is -0.355 e. The number of hydrogen-bond acceptors (Lipinski definition) is 1. The maximum Gasteiger partial charge on any atom is 0.0541 e. The first kappa shape index (κ1) is 29.1. The minimum atomic E-state index is 1.06. The van der Waals surface area contributed by atoms with Gasteiger partial charge in [-0.15, -0.1) is 0 Å². The second kappa shape index (κ2) is 11.9. The normalized spacial score (nSPS) is 11.5. The monoisotopic (exact) mass is 651 g/mol. The van der Waals surface area contributed by atoms with Crippen molar-refractivity contribution in [3.05, 3.63) is 194 Å². The fourth-order valence-corrected chi connectivity index (χ4v) is 7.77. The zero-order valence-corrected chi connectivity index (χ0v) is 27.9. The van der Waals surface area contributed by atoms with Gasteiger partial charge in [0.25, 0.3) is 0 Å². The van der Waals surface area contributed by atoms with E-state index in [1.165, 1.54) is 60.4 Å². The van der Waals surface area contributed by atoms with Crippen LogP contribution in [-0.2, 0) is 0 Å². The molecule has 0 atom stereocenters. The number of benzene rings is 8. The van der Waals surface area contributed by atoms with E-state index in [-0.39, 0.29) is 0 Å². The number of aromatic nitrogens is 2. The van der Waals surface area contributed by atoms with Gasteiger partial charge in [-0.05, 0) is 95.6 Å². The Bertz CT molecular complexity index is 2830. The van der Waals surface area contributed by atoms with Crippen molar-refractivity contribution in [2.24, 2.45) is 0 Å². The number of nitrogens with one attached hydrogen (secondary N) is 1. The summed E-state index contributed by atoms with van der Waals surface area (Å²) in [6.45, 7) is 0. The van der Waals surface area contributed by atoms with Gasteiger partial charge in [0, 0.05) is 49.9 Å². The molecule has 0 aliphatic carbocycles. The van der Waals surface area contributed by atoms with E-state index in [2.05, 4.69) is 209 Å². The quantitative estimate of drug-likeness (QED) is 0.190. The SMILES string of the molecule is c1ccc(Nc2ccc(-c3ccc4c(c3)c3ccccc3n4-c3ccccc3)cc2-c2cccc(-n3c4ccccc4c4ccccc43)c2)cc1. The highest BCUT2D eigenvalue weighted by molar-refractivity contribution is 6.11. The van der Waals surface area contributed by atoms with E-state index in [1.807, 2.05) is 0 Å². The molecule has 0 spiro atoms. The van der Waals surface area contributed by atoms with Crippen molar-refractivity contribution in [2.45, 2.75) is 0 Å². The lowest BCUT2D eigenvalue weighted by molar-refractivity contribution is 1.18. The molecule has 10 rings (SSSR count). The predicted molar refractivity (Wildman–Crippen MR) is 216 cm³/mol. The predicted octanol–water partition coefficient (Wildman–Crippen LogP) is 13.0. The number of para-hydroxylation sites is 5. The van der Waals surface area contributed by atoms with Crippen LogP contribution >= 0.6 is 0 Å². The largest absolute Gasteiger partial charge is 0.355 e. The first-order valence-corrected chi connectivity index (χ1v) is 17.4.